The minimum Gasteiger partial charge on any atom is -0.491 e. The lowest BCUT2D eigenvalue weighted by molar-refractivity contribution is -0.137. The summed E-state index contributed by atoms with van der Waals surface area (Å²) in [5, 5.41) is 8.63. The molecule has 0 saturated heterocycles. The molecule has 0 spiro atoms. The normalized spacial score (nSPS) is 11.1. The molecule has 0 bridgehead atoms. The van der Waals surface area contributed by atoms with E-state index >= 15 is 0 Å². The summed E-state index contributed by atoms with van der Waals surface area (Å²) in [6, 6.07) is 18.9. The van der Waals surface area contributed by atoms with Gasteiger partial charge in [-0.2, -0.15) is 0 Å². The molecular weight excluding hydrogens is 437 g/mol. The molecule has 0 saturated carbocycles. The minimum atomic E-state index is -4.10. The van der Waals surface area contributed by atoms with Gasteiger partial charge in [-0.1, -0.05) is 30.3 Å². The zero-order valence-electron chi connectivity index (χ0n) is 17.3. The first-order valence-electron chi connectivity index (χ1n) is 9.74. The minimum absolute atomic E-state index is 0.000576. The van der Waals surface area contributed by atoms with Crippen LogP contribution in [0, 0.1) is 5.82 Å². The number of benzene rings is 3. The van der Waals surface area contributed by atoms with Gasteiger partial charge < -0.3 is 14.6 Å². The van der Waals surface area contributed by atoms with Crippen molar-refractivity contribution < 1.29 is 32.2 Å². The fraction of sp³-hybridized carbons (Fsp3) is 0.174. The summed E-state index contributed by atoms with van der Waals surface area (Å²) in [5.74, 6) is -1.12. The maximum Gasteiger partial charge on any atom is 0.303 e. The van der Waals surface area contributed by atoms with Crippen molar-refractivity contribution in [1.82, 2.24) is 0 Å². The van der Waals surface area contributed by atoms with Gasteiger partial charge >= 0.3 is 5.97 Å². The summed E-state index contributed by atoms with van der Waals surface area (Å²) in [6.07, 6.45) is 0.0963. The third-order valence-electron chi connectivity index (χ3n) is 4.53. The number of halogens is 1. The Kier molecular flexibility index (Phi) is 7.32. The molecule has 3 aromatic carbocycles. The van der Waals surface area contributed by atoms with Crippen LogP contribution < -0.4 is 13.8 Å². The number of aliphatic carboxylic acids is 1. The first-order chi connectivity index (χ1) is 15.3. The molecule has 0 radical (unpaired) electrons. The van der Waals surface area contributed by atoms with Crippen molar-refractivity contribution in [1.29, 1.82) is 0 Å². The van der Waals surface area contributed by atoms with Crippen LogP contribution in [-0.2, 0) is 14.8 Å². The standard InChI is InChI=1S/C23H22FNO6S/c1-25(20-10-5-6-11-22(20)31-17-8-3-2-4-9-17)32(28,29)18-13-14-21(19(24)16-18)30-15-7-12-23(26)27/h2-6,8-11,13-14,16H,7,12,15H2,1H3,(H,26,27). The third-order valence-corrected chi connectivity index (χ3v) is 6.30. The number of hydrogen-bond donors (Lipinski definition) is 1. The van der Waals surface area contributed by atoms with Crippen molar-refractivity contribution in [2.24, 2.45) is 0 Å². The van der Waals surface area contributed by atoms with Crippen LogP contribution in [0.1, 0.15) is 12.8 Å². The topological polar surface area (TPSA) is 93.1 Å². The van der Waals surface area contributed by atoms with Gasteiger partial charge in [-0.15, -0.1) is 0 Å². The summed E-state index contributed by atoms with van der Waals surface area (Å²) >= 11 is 0. The summed E-state index contributed by atoms with van der Waals surface area (Å²) in [6.45, 7) is -0.000576. The zero-order chi connectivity index (χ0) is 23.1. The van der Waals surface area contributed by atoms with Crippen LogP contribution in [0.5, 0.6) is 17.2 Å². The fourth-order valence-corrected chi connectivity index (χ4v) is 4.09. The molecule has 3 aromatic rings. The Labute approximate surface area is 185 Å². The van der Waals surface area contributed by atoms with Crippen LogP contribution in [0.2, 0.25) is 0 Å². The third kappa shape index (κ3) is 5.55. The van der Waals surface area contributed by atoms with E-state index in [9.17, 15) is 17.6 Å². The van der Waals surface area contributed by atoms with Crippen molar-refractivity contribution in [2.75, 3.05) is 18.0 Å². The summed E-state index contributed by atoms with van der Waals surface area (Å²) in [7, 11) is -2.74. The number of ether oxygens (including phenoxy) is 2. The SMILES string of the molecule is CN(c1ccccc1Oc1ccccc1)S(=O)(=O)c1ccc(OCCCC(=O)O)c(F)c1. The molecule has 32 heavy (non-hydrogen) atoms. The van der Waals surface area contributed by atoms with E-state index in [2.05, 4.69) is 0 Å². The Balaban J connectivity index is 1.81. The second-order valence-corrected chi connectivity index (χ2v) is 8.76. The highest BCUT2D eigenvalue weighted by atomic mass is 32.2. The molecule has 9 heteroatoms. The van der Waals surface area contributed by atoms with E-state index in [0.29, 0.717) is 11.5 Å². The number of rotatable bonds is 10. The van der Waals surface area contributed by atoms with Gasteiger partial charge in [0.05, 0.1) is 17.2 Å². The van der Waals surface area contributed by atoms with Crippen LogP contribution in [0.15, 0.2) is 77.7 Å². The quantitative estimate of drug-likeness (QED) is 0.442. The molecule has 0 atom stereocenters. The number of carboxylic acids is 1. The van der Waals surface area contributed by atoms with Crippen molar-refractivity contribution in [2.45, 2.75) is 17.7 Å². The molecule has 0 fully saturated rings. The lowest BCUT2D eigenvalue weighted by Gasteiger charge is -2.22. The van der Waals surface area contributed by atoms with Crippen molar-refractivity contribution >= 4 is 21.7 Å². The molecule has 0 aliphatic heterocycles. The average Bonchev–Trinajstić information content (AvgIpc) is 2.78. The average molecular weight is 459 g/mol. The number of para-hydroxylation sites is 3. The summed E-state index contributed by atoms with van der Waals surface area (Å²) in [4.78, 5) is 10.3. The largest absolute Gasteiger partial charge is 0.491 e. The van der Waals surface area contributed by atoms with Crippen LogP contribution in [0.25, 0.3) is 0 Å². The van der Waals surface area contributed by atoms with Gasteiger partial charge in [0.1, 0.15) is 5.75 Å². The highest BCUT2D eigenvalue weighted by Gasteiger charge is 2.25. The van der Waals surface area contributed by atoms with E-state index in [0.717, 1.165) is 10.4 Å². The second kappa shape index (κ2) is 10.1. The maximum atomic E-state index is 14.5. The summed E-state index contributed by atoms with van der Waals surface area (Å²) in [5.41, 5.74) is 0.283. The Hall–Kier alpha value is -3.59. The monoisotopic (exact) mass is 459 g/mol. The van der Waals surface area contributed by atoms with Gasteiger partial charge in [-0.3, -0.25) is 9.10 Å². The van der Waals surface area contributed by atoms with Crippen LogP contribution in [-0.4, -0.2) is 33.1 Å². The molecule has 0 amide bonds. The van der Waals surface area contributed by atoms with E-state index in [4.69, 9.17) is 14.6 Å². The molecular formula is C23H22FNO6S. The van der Waals surface area contributed by atoms with E-state index in [-0.39, 0.29) is 35.8 Å². The molecule has 0 unspecified atom stereocenters. The van der Waals surface area contributed by atoms with Crippen LogP contribution in [0.4, 0.5) is 10.1 Å². The predicted molar refractivity (Wildman–Crippen MR) is 117 cm³/mol. The van der Waals surface area contributed by atoms with Gasteiger partial charge in [-0.05, 0) is 48.9 Å². The predicted octanol–water partition coefficient (Wildman–Crippen LogP) is 4.69. The summed E-state index contributed by atoms with van der Waals surface area (Å²) < 4.78 is 52.8. The Morgan fingerprint density at radius 1 is 1.00 bits per heavy atom. The van der Waals surface area contributed by atoms with Crippen molar-refractivity contribution in [3.05, 3.63) is 78.6 Å². The van der Waals surface area contributed by atoms with Crippen molar-refractivity contribution in [3.63, 3.8) is 0 Å². The molecule has 0 heterocycles. The van der Waals surface area contributed by atoms with Gasteiger partial charge in [0.15, 0.2) is 17.3 Å². The van der Waals surface area contributed by atoms with Gasteiger partial charge in [-0.25, -0.2) is 12.8 Å². The van der Waals surface area contributed by atoms with Crippen LogP contribution in [0.3, 0.4) is 0 Å². The number of carbonyl (C=O) groups is 1. The highest BCUT2D eigenvalue weighted by molar-refractivity contribution is 7.92. The number of anilines is 1. The smallest absolute Gasteiger partial charge is 0.303 e. The number of hydrogen-bond acceptors (Lipinski definition) is 5. The number of nitrogens with zero attached hydrogens (tertiary/aromatic N) is 1. The first-order valence-corrected chi connectivity index (χ1v) is 11.2. The Morgan fingerprint density at radius 2 is 1.69 bits per heavy atom. The molecule has 0 aromatic heterocycles. The zero-order valence-corrected chi connectivity index (χ0v) is 18.1. The molecule has 0 aliphatic carbocycles. The highest BCUT2D eigenvalue weighted by Crippen LogP contribution is 2.34. The Bertz CT molecular complexity index is 1180. The van der Waals surface area contributed by atoms with Gasteiger partial charge in [0, 0.05) is 13.5 Å². The lowest BCUT2D eigenvalue weighted by atomic mass is 10.3. The maximum absolute atomic E-state index is 14.5. The molecule has 7 nitrogen and oxygen atoms in total. The molecule has 3 rings (SSSR count). The van der Waals surface area contributed by atoms with E-state index in [1.54, 1.807) is 48.5 Å². The van der Waals surface area contributed by atoms with E-state index < -0.39 is 21.8 Å². The first kappa shape index (κ1) is 23.1. The molecule has 0 aliphatic rings. The van der Waals surface area contributed by atoms with Crippen LogP contribution >= 0.6 is 0 Å². The lowest BCUT2D eigenvalue weighted by Crippen LogP contribution is -2.27. The number of sulfonamides is 1. The van der Waals surface area contributed by atoms with Crippen molar-refractivity contribution in [3.8, 4) is 17.2 Å². The second-order valence-electron chi connectivity index (χ2n) is 6.79. The van der Waals surface area contributed by atoms with E-state index in [1.165, 1.54) is 19.2 Å². The number of carboxylic acid groups (broad SMARTS) is 1. The molecule has 168 valence electrons. The molecule has 1 N–H and O–H groups in total. The van der Waals surface area contributed by atoms with Gasteiger partial charge in [0.2, 0.25) is 0 Å². The van der Waals surface area contributed by atoms with E-state index in [1.807, 2.05) is 6.07 Å². The fourth-order valence-electron chi connectivity index (χ4n) is 2.87. The van der Waals surface area contributed by atoms with Gasteiger partial charge in [0.25, 0.3) is 10.0 Å². The Morgan fingerprint density at radius 3 is 2.38 bits per heavy atom.